The quantitative estimate of drug-likeness (QED) is 0.769. The summed E-state index contributed by atoms with van der Waals surface area (Å²) < 4.78 is 5.02. The van der Waals surface area contributed by atoms with Crippen LogP contribution in [0.5, 0.6) is 5.75 Å². The van der Waals surface area contributed by atoms with Crippen molar-refractivity contribution in [2.75, 3.05) is 12.4 Å². The molecule has 0 aliphatic rings. The van der Waals surface area contributed by atoms with Gasteiger partial charge in [0.05, 0.1) is 24.4 Å². The number of benzene rings is 1. The van der Waals surface area contributed by atoms with Gasteiger partial charge in [0.2, 0.25) is 5.91 Å². The molecule has 0 atom stereocenters. The van der Waals surface area contributed by atoms with Crippen LogP contribution in [0.1, 0.15) is 12.5 Å². The fraction of sp³-hybridized carbons (Fsp3) is 0.200. The summed E-state index contributed by atoms with van der Waals surface area (Å²) in [5.74, 6) is 0.345. The van der Waals surface area contributed by atoms with Crippen LogP contribution in [0.25, 0.3) is 0 Å². The molecule has 4 nitrogen and oxygen atoms in total. The van der Waals surface area contributed by atoms with Crippen molar-refractivity contribution >= 4 is 11.6 Å². The van der Waals surface area contributed by atoms with Crippen LogP contribution >= 0.6 is 0 Å². The minimum atomic E-state index is -0.196. The van der Waals surface area contributed by atoms with Crippen molar-refractivity contribution in [1.82, 2.24) is 0 Å². The van der Waals surface area contributed by atoms with Gasteiger partial charge in [-0.3, -0.25) is 4.79 Å². The number of methoxy groups -OCH3 is 1. The average Bonchev–Trinajstić information content (AvgIpc) is 2.16. The third-order valence-corrected chi connectivity index (χ3v) is 1.64. The Labute approximate surface area is 82.1 Å². The number of ether oxygens (including phenoxy) is 1. The number of carbonyl (C=O) groups excluding carboxylic acids is 1. The Bertz CT molecular complexity index is 394. The summed E-state index contributed by atoms with van der Waals surface area (Å²) in [6.07, 6.45) is 0. The maximum Gasteiger partial charge on any atom is 0.221 e. The molecular weight excluding hydrogens is 180 g/mol. The van der Waals surface area contributed by atoms with Crippen molar-refractivity contribution in [3.63, 3.8) is 0 Å². The minimum absolute atomic E-state index is 0.196. The van der Waals surface area contributed by atoms with Gasteiger partial charge in [0.15, 0.2) is 0 Å². The molecule has 72 valence electrons. The van der Waals surface area contributed by atoms with Gasteiger partial charge in [-0.05, 0) is 18.2 Å². The minimum Gasteiger partial charge on any atom is -0.495 e. The number of nitrogens with zero attached hydrogens (tertiary/aromatic N) is 1. The fourth-order valence-electron chi connectivity index (χ4n) is 1.06. The van der Waals surface area contributed by atoms with Crippen LogP contribution in [0.3, 0.4) is 0 Å². The summed E-state index contributed by atoms with van der Waals surface area (Å²) >= 11 is 0. The number of amides is 1. The highest BCUT2D eigenvalue weighted by Gasteiger charge is 2.05. The molecule has 0 aliphatic heterocycles. The van der Waals surface area contributed by atoms with Crippen LogP contribution in [-0.2, 0) is 4.79 Å². The van der Waals surface area contributed by atoms with Crippen LogP contribution in [0.15, 0.2) is 18.2 Å². The van der Waals surface area contributed by atoms with Gasteiger partial charge in [-0.15, -0.1) is 0 Å². The highest BCUT2D eigenvalue weighted by Crippen LogP contribution is 2.24. The Hall–Kier alpha value is -2.02. The first-order chi connectivity index (χ1) is 6.67. The van der Waals surface area contributed by atoms with Gasteiger partial charge in [-0.1, -0.05) is 0 Å². The molecule has 1 aromatic rings. The molecule has 0 radical (unpaired) electrons. The fourth-order valence-corrected chi connectivity index (χ4v) is 1.06. The third-order valence-electron chi connectivity index (χ3n) is 1.64. The topological polar surface area (TPSA) is 62.1 Å². The molecule has 0 saturated carbocycles. The number of carbonyl (C=O) groups is 1. The molecular formula is C10H10N2O2. The molecule has 0 saturated heterocycles. The lowest BCUT2D eigenvalue weighted by molar-refractivity contribution is -0.114. The largest absolute Gasteiger partial charge is 0.495 e. The lowest BCUT2D eigenvalue weighted by atomic mass is 10.2. The summed E-state index contributed by atoms with van der Waals surface area (Å²) in [4.78, 5) is 10.8. The zero-order valence-corrected chi connectivity index (χ0v) is 8.00. The van der Waals surface area contributed by atoms with Crippen LogP contribution in [0.4, 0.5) is 5.69 Å². The van der Waals surface area contributed by atoms with E-state index in [2.05, 4.69) is 5.32 Å². The first kappa shape index (κ1) is 10.1. The maximum atomic E-state index is 10.8. The van der Waals surface area contributed by atoms with Crippen LogP contribution in [-0.4, -0.2) is 13.0 Å². The van der Waals surface area contributed by atoms with E-state index < -0.39 is 0 Å². The Morgan fingerprint density at radius 2 is 2.29 bits per heavy atom. The van der Waals surface area contributed by atoms with Gasteiger partial charge >= 0.3 is 0 Å². The normalized spacial score (nSPS) is 8.93. The van der Waals surface area contributed by atoms with E-state index in [1.165, 1.54) is 14.0 Å². The van der Waals surface area contributed by atoms with Crippen molar-refractivity contribution in [3.05, 3.63) is 23.8 Å². The van der Waals surface area contributed by atoms with E-state index >= 15 is 0 Å². The molecule has 1 N–H and O–H groups in total. The molecule has 4 heteroatoms. The highest BCUT2D eigenvalue weighted by atomic mass is 16.5. The first-order valence-electron chi connectivity index (χ1n) is 4.03. The van der Waals surface area contributed by atoms with E-state index in [0.717, 1.165) is 0 Å². The number of anilines is 1. The van der Waals surface area contributed by atoms with Crippen molar-refractivity contribution in [2.45, 2.75) is 6.92 Å². The Morgan fingerprint density at radius 1 is 1.57 bits per heavy atom. The Kier molecular flexibility index (Phi) is 3.08. The second-order valence-corrected chi connectivity index (χ2v) is 2.71. The molecule has 0 bridgehead atoms. The van der Waals surface area contributed by atoms with Crippen LogP contribution < -0.4 is 10.1 Å². The average molecular weight is 190 g/mol. The second-order valence-electron chi connectivity index (χ2n) is 2.71. The van der Waals surface area contributed by atoms with E-state index in [9.17, 15) is 4.79 Å². The molecule has 14 heavy (non-hydrogen) atoms. The predicted octanol–water partition coefficient (Wildman–Crippen LogP) is 1.53. The van der Waals surface area contributed by atoms with Gasteiger partial charge < -0.3 is 10.1 Å². The molecule has 0 fully saturated rings. The standard InChI is InChI=1S/C10H10N2O2/c1-7(13)12-9-5-8(6-11)3-4-10(9)14-2/h3-5H,1-2H3,(H,12,13). The first-order valence-corrected chi connectivity index (χ1v) is 4.03. The van der Waals surface area contributed by atoms with Gasteiger partial charge in [-0.2, -0.15) is 5.26 Å². The number of hydrogen-bond acceptors (Lipinski definition) is 3. The number of nitriles is 1. The second kappa shape index (κ2) is 4.28. The molecule has 1 rings (SSSR count). The molecule has 0 unspecified atom stereocenters. The van der Waals surface area contributed by atoms with E-state index in [0.29, 0.717) is 17.0 Å². The van der Waals surface area contributed by atoms with E-state index in [1.54, 1.807) is 18.2 Å². The maximum absolute atomic E-state index is 10.8. The van der Waals surface area contributed by atoms with E-state index in [-0.39, 0.29) is 5.91 Å². The number of rotatable bonds is 2. The van der Waals surface area contributed by atoms with Crippen molar-refractivity contribution in [3.8, 4) is 11.8 Å². The Balaban J connectivity index is 3.09. The van der Waals surface area contributed by atoms with Gasteiger partial charge in [0.1, 0.15) is 5.75 Å². The zero-order valence-electron chi connectivity index (χ0n) is 8.00. The van der Waals surface area contributed by atoms with E-state index in [4.69, 9.17) is 10.00 Å². The highest BCUT2D eigenvalue weighted by molar-refractivity contribution is 5.90. The predicted molar refractivity (Wildman–Crippen MR) is 52.0 cm³/mol. The summed E-state index contributed by atoms with van der Waals surface area (Å²) in [5, 5.41) is 11.2. The van der Waals surface area contributed by atoms with Gasteiger partial charge in [-0.25, -0.2) is 0 Å². The monoisotopic (exact) mass is 190 g/mol. The van der Waals surface area contributed by atoms with E-state index in [1.807, 2.05) is 6.07 Å². The lowest BCUT2D eigenvalue weighted by Gasteiger charge is -2.08. The zero-order chi connectivity index (χ0) is 10.6. The molecule has 0 aromatic heterocycles. The molecule has 0 aliphatic carbocycles. The summed E-state index contributed by atoms with van der Waals surface area (Å²) in [5.41, 5.74) is 0.994. The Morgan fingerprint density at radius 3 is 2.79 bits per heavy atom. The smallest absolute Gasteiger partial charge is 0.221 e. The summed E-state index contributed by atoms with van der Waals surface area (Å²) in [6.45, 7) is 1.40. The van der Waals surface area contributed by atoms with Crippen LogP contribution in [0, 0.1) is 11.3 Å². The van der Waals surface area contributed by atoms with Gasteiger partial charge in [0.25, 0.3) is 0 Å². The molecule has 0 heterocycles. The van der Waals surface area contributed by atoms with Crippen molar-refractivity contribution < 1.29 is 9.53 Å². The summed E-state index contributed by atoms with van der Waals surface area (Å²) in [6, 6.07) is 6.83. The van der Waals surface area contributed by atoms with Crippen LogP contribution in [0.2, 0.25) is 0 Å². The molecule has 1 aromatic carbocycles. The summed E-state index contributed by atoms with van der Waals surface area (Å²) in [7, 11) is 1.51. The van der Waals surface area contributed by atoms with Gasteiger partial charge in [0, 0.05) is 6.92 Å². The molecule has 1 amide bonds. The molecule has 0 spiro atoms. The SMILES string of the molecule is COc1ccc(C#N)cc1NC(C)=O. The lowest BCUT2D eigenvalue weighted by Crippen LogP contribution is -2.07. The van der Waals surface area contributed by atoms with Crippen molar-refractivity contribution in [2.24, 2.45) is 0 Å². The third kappa shape index (κ3) is 2.23. The number of nitrogens with one attached hydrogen (secondary N) is 1. The van der Waals surface area contributed by atoms with Crippen molar-refractivity contribution in [1.29, 1.82) is 5.26 Å². The number of hydrogen-bond donors (Lipinski definition) is 1.